The van der Waals surface area contributed by atoms with Crippen LogP contribution in [0, 0.1) is 34.5 Å². The molecule has 0 N–H and O–H groups in total. The van der Waals surface area contributed by atoms with Gasteiger partial charge in [-0.05, 0) is 54.3 Å². The Bertz CT molecular complexity index is 340. The van der Waals surface area contributed by atoms with Crippen molar-refractivity contribution in [2.75, 3.05) is 0 Å². The summed E-state index contributed by atoms with van der Waals surface area (Å²) in [6.07, 6.45) is 5.37. The van der Waals surface area contributed by atoms with Crippen molar-refractivity contribution in [1.29, 1.82) is 0 Å². The van der Waals surface area contributed by atoms with Gasteiger partial charge in [-0.3, -0.25) is 4.79 Å². The predicted octanol–water partition coefficient (Wildman–Crippen LogP) is 7.14. The molecule has 0 rings (SSSR count). The number of carbonyl (C=O) groups is 1. The second-order valence-corrected chi connectivity index (χ2v) is 10.9. The van der Waals surface area contributed by atoms with Crippen LogP contribution in [0.3, 0.4) is 0 Å². The van der Waals surface area contributed by atoms with E-state index in [4.69, 9.17) is 0 Å². The smallest absolute Gasteiger partial charge is 0.136 e. The van der Waals surface area contributed by atoms with Crippen molar-refractivity contribution in [3.8, 4) is 0 Å². The molecule has 0 spiro atoms. The van der Waals surface area contributed by atoms with E-state index in [1.54, 1.807) is 0 Å². The third-order valence-corrected chi connectivity index (χ3v) is 4.58. The van der Waals surface area contributed by atoms with Crippen LogP contribution in [-0.2, 0) is 4.79 Å². The minimum atomic E-state index is 0.249. The molecule has 0 fully saturated rings. The van der Waals surface area contributed by atoms with E-state index in [2.05, 4.69) is 69.2 Å². The third kappa shape index (κ3) is 11.8. The molecule has 1 nitrogen and oxygen atoms in total. The predicted molar refractivity (Wildman–Crippen MR) is 104 cm³/mol. The van der Waals surface area contributed by atoms with Crippen LogP contribution < -0.4 is 0 Å². The Balaban J connectivity index is 4.82. The van der Waals surface area contributed by atoms with Crippen molar-refractivity contribution in [2.45, 2.75) is 101 Å². The van der Waals surface area contributed by atoms with Gasteiger partial charge in [-0.15, -0.1) is 0 Å². The average Bonchev–Trinajstić information content (AvgIpc) is 2.22. The van der Waals surface area contributed by atoms with Gasteiger partial charge in [0, 0.05) is 12.3 Å². The van der Waals surface area contributed by atoms with Gasteiger partial charge in [-0.25, -0.2) is 0 Å². The fourth-order valence-electron chi connectivity index (χ4n) is 4.04. The summed E-state index contributed by atoms with van der Waals surface area (Å²) in [4.78, 5) is 12.8. The molecule has 0 aromatic carbocycles. The van der Waals surface area contributed by atoms with E-state index in [0.717, 1.165) is 19.3 Å². The van der Waals surface area contributed by atoms with E-state index in [1.165, 1.54) is 12.8 Å². The molecule has 0 heterocycles. The first kappa shape index (κ1) is 22.7. The molecular weight excluding hydrogens is 280 g/mol. The van der Waals surface area contributed by atoms with E-state index in [9.17, 15) is 4.79 Å². The molecule has 138 valence electrons. The van der Waals surface area contributed by atoms with E-state index in [-0.39, 0.29) is 5.92 Å². The summed E-state index contributed by atoms with van der Waals surface area (Å²) >= 11 is 0. The van der Waals surface area contributed by atoms with Gasteiger partial charge < -0.3 is 0 Å². The molecule has 0 aromatic heterocycles. The first-order chi connectivity index (χ1) is 10.2. The van der Waals surface area contributed by atoms with Crippen molar-refractivity contribution in [3.63, 3.8) is 0 Å². The van der Waals surface area contributed by atoms with Crippen LogP contribution in [0.1, 0.15) is 101 Å². The molecule has 1 heteroatoms. The van der Waals surface area contributed by atoms with Crippen LogP contribution in [0.25, 0.3) is 0 Å². The lowest BCUT2D eigenvalue weighted by molar-refractivity contribution is -0.125. The fourth-order valence-corrected chi connectivity index (χ4v) is 4.04. The van der Waals surface area contributed by atoms with Crippen molar-refractivity contribution in [1.82, 2.24) is 0 Å². The van der Waals surface area contributed by atoms with Gasteiger partial charge >= 0.3 is 0 Å². The first-order valence-corrected chi connectivity index (χ1v) is 9.74. The van der Waals surface area contributed by atoms with Gasteiger partial charge in [0.25, 0.3) is 0 Å². The Hall–Kier alpha value is -0.330. The number of Topliss-reactive ketones (excluding diaryl/α,β-unsaturated/α-hetero) is 1. The topological polar surface area (TPSA) is 17.1 Å². The van der Waals surface area contributed by atoms with Gasteiger partial charge in [-0.1, -0.05) is 69.2 Å². The summed E-state index contributed by atoms with van der Waals surface area (Å²) in [6.45, 7) is 22.8. The molecule has 0 saturated carbocycles. The maximum atomic E-state index is 12.8. The molecule has 0 aliphatic carbocycles. The van der Waals surface area contributed by atoms with E-state index in [1.807, 2.05) is 0 Å². The lowest BCUT2D eigenvalue weighted by Gasteiger charge is -2.31. The molecule has 0 radical (unpaired) electrons. The molecule has 0 aromatic rings. The van der Waals surface area contributed by atoms with Crippen LogP contribution in [0.4, 0.5) is 0 Å². The molecular formula is C22H44O. The second-order valence-electron chi connectivity index (χ2n) is 10.9. The van der Waals surface area contributed by atoms with Crippen LogP contribution in [0.2, 0.25) is 0 Å². The molecule has 0 saturated heterocycles. The van der Waals surface area contributed by atoms with Gasteiger partial charge in [0.05, 0.1) is 0 Å². The van der Waals surface area contributed by atoms with Crippen LogP contribution in [0.5, 0.6) is 0 Å². The highest BCUT2D eigenvalue weighted by atomic mass is 16.1. The highest BCUT2D eigenvalue weighted by Gasteiger charge is 2.29. The first-order valence-electron chi connectivity index (χ1n) is 9.74. The highest BCUT2D eigenvalue weighted by molar-refractivity contribution is 5.81. The van der Waals surface area contributed by atoms with Crippen LogP contribution in [0.15, 0.2) is 0 Å². The molecule has 0 aliphatic rings. The van der Waals surface area contributed by atoms with E-state index >= 15 is 0 Å². The molecule has 0 amide bonds. The standard InChI is InChI=1S/C22H44O/c1-16(2)13-20(23)19(18(4)15-22(8,9)10)12-11-17(3)14-21(5,6)7/h16-19H,11-15H2,1-10H3. The second kappa shape index (κ2) is 9.23. The number of hydrogen-bond acceptors (Lipinski definition) is 1. The van der Waals surface area contributed by atoms with Gasteiger partial charge in [0.15, 0.2) is 0 Å². The molecule has 3 unspecified atom stereocenters. The van der Waals surface area contributed by atoms with Crippen molar-refractivity contribution < 1.29 is 4.79 Å². The maximum absolute atomic E-state index is 12.8. The van der Waals surface area contributed by atoms with E-state index < -0.39 is 0 Å². The lowest BCUT2D eigenvalue weighted by atomic mass is 9.74. The van der Waals surface area contributed by atoms with Gasteiger partial charge in [0.1, 0.15) is 5.78 Å². The number of ketones is 1. The van der Waals surface area contributed by atoms with Crippen molar-refractivity contribution in [2.24, 2.45) is 34.5 Å². The monoisotopic (exact) mass is 324 g/mol. The van der Waals surface area contributed by atoms with E-state index in [0.29, 0.717) is 34.4 Å². The Labute approximate surface area is 147 Å². The summed E-state index contributed by atoms with van der Waals surface area (Å²) < 4.78 is 0. The molecule has 23 heavy (non-hydrogen) atoms. The van der Waals surface area contributed by atoms with Crippen LogP contribution >= 0.6 is 0 Å². The van der Waals surface area contributed by atoms with Crippen molar-refractivity contribution >= 4 is 5.78 Å². The third-order valence-electron chi connectivity index (χ3n) is 4.58. The number of rotatable bonds is 9. The summed E-state index contributed by atoms with van der Waals surface area (Å²) in [6, 6.07) is 0. The fraction of sp³-hybridized carbons (Fsp3) is 0.955. The Morgan fingerprint density at radius 1 is 0.783 bits per heavy atom. The normalized spacial score (nSPS) is 17.2. The largest absolute Gasteiger partial charge is 0.299 e. The molecule has 0 bridgehead atoms. The minimum absolute atomic E-state index is 0.249. The summed E-state index contributed by atoms with van der Waals surface area (Å²) in [5, 5.41) is 0. The zero-order chi connectivity index (χ0) is 18.4. The summed E-state index contributed by atoms with van der Waals surface area (Å²) in [5.41, 5.74) is 0.681. The SMILES string of the molecule is CC(C)CC(=O)C(CCC(C)CC(C)(C)C)C(C)CC(C)(C)C. The Kier molecular flexibility index (Phi) is 9.10. The highest BCUT2D eigenvalue weighted by Crippen LogP contribution is 2.34. The summed E-state index contributed by atoms with van der Waals surface area (Å²) in [7, 11) is 0. The molecule has 3 atom stereocenters. The van der Waals surface area contributed by atoms with Crippen LogP contribution in [-0.4, -0.2) is 5.78 Å². The maximum Gasteiger partial charge on any atom is 0.136 e. The quantitative estimate of drug-likeness (QED) is 0.440. The van der Waals surface area contributed by atoms with Gasteiger partial charge in [0.2, 0.25) is 0 Å². The zero-order valence-corrected chi connectivity index (χ0v) is 17.8. The number of carbonyl (C=O) groups excluding carboxylic acids is 1. The van der Waals surface area contributed by atoms with Crippen molar-refractivity contribution in [3.05, 3.63) is 0 Å². The number of hydrogen-bond donors (Lipinski definition) is 0. The average molecular weight is 325 g/mol. The zero-order valence-electron chi connectivity index (χ0n) is 17.8. The van der Waals surface area contributed by atoms with Gasteiger partial charge in [-0.2, -0.15) is 0 Å². The Morgan fingerprint density at radius 2 is 1.26 bits per heavy atom. The molecule has 0 aliphatic heterocycles. The lowest BCUT2D eigenvalue weighted by Crippen LogP contribution is -2.27. The minimum Gasteiger partial charge on any atom is -0.299 e. The Morgan fingerprint density at radius 3 is 1.65 bits per heavy atom. The summed E-state index contributed by atoms with van der Waals surface area (Å²) in [5.74, 6) is 2.41.